The number of halogens is 4. The number of alkyl halides is 3. The van der Waals surface area contributed by atoms with Crippen LogP contribution in [0.2, 0.25) is 0 Å². The molecule has 2 aromatic rings. The lowest BCUT2D eigenvalue weighted by Crippen LogP contribution is -2.52. The van der Waals surface area contributed by atoms with Crippen molar-refractivity contribution in [3.8, 4) is 0 Å². The Bertz CT molecular complexity index is 1110. The van der Waals surface area contributed by atoms with Gasteiger partial charge in [-0.05, 0) is 68.1 Å². The molecule has 1 atom stereocenters. The van der Waals surface area contributed by atoms with E-state index in [-0.39, 0.29) is 30.1 Å². The van der Waals surface area contributed by atoms with E-state index in [9.17, 15) is 22.4 Å². The summed E-state index contributed by atoms with van der Waals surface area (Å²) in [5.74, 6) is -0.677. The molecule has 3 aliphatic rings. The molecule has 5 nitrogen and oxygen atoms in total. The molecule has 1 aromatic heterocycles. The Kier molecular flexibility index (Phi) is 7.79. The van der Waals surface area contributed by atoms with Crippen LogP contribution < -0.4 is 4.90 Å². The van der Waals surface area contributed by atoms with Crippen LogP contribution in [0.25, 0.3) is 0 Å². The van der Waals surface area contributed by atoms with E-state index < -0.39 is 17.6 Å². The van der Waals surface area contributed by atoms with Crippen molar-refractivity contribution in [2.24, 2.45) is 5.92 Å². The van der Waals surface area contributed by atoms with Crippen LogP contribution in [0.5, 0.6) is 0 Å². The highest BCUT2D eigenvalue weighted by Crippen LogP contribution is 2.33. The zero-order valence-electron chi connectivity index (χ0n) is 21.1. The number of hydrogen-bond donors (Lipinski definition) is 0. The number of Topliss-reactive ketones (excluding diaryl/α,β-unsaturated/α-hetero) is 1. The van der Waals surface area contributed by atoms with E-state index in [0.717, 1.165) is 87.6 Å². The summed E-state index contributed by atoms with van der Waals surface area (Å²) in [5.41, 5.74) is 0.686. The Balaban J connectivity index is 1.18. The third-order valence-electron chi connectivity index (χ3n) is 8.27. The minimum absolute atomic E-state index is 0.110. The number of ketones is 1. The van der Waals surface area contributed by atoms with Crippen molar-refractivity contribution in [1.82, 2.24) is 14.9 Å². The molecule has 0 bridgehead atoms. The summed E-state index contributed by atoms with van der Waals surface area (Å²) in [5, 5.41) is 0. The van der Waals surface area contributed by atoms with Gasteiger partial charge in [0.25, 0.3) is 0 Å². The maximum Gasteiger partial charge on any atom is 0.419 e. The average Bonchev–Trinajstić information content (AvgIpc) is 2.81. The second-order valence-corrected chi connectivity index (χ2v) is 10.7. The van der Waals surface area contributed by atoms with E-state index in [1.54, 1.807) is 0 Å². The number of nitrogens with zero attached hydrogens (tertiary/aromatic N) is 4. The predicted molar refractivity (Wildman–Crippen MR) is 133 cm³/mol. The van der Waals surface area contributed by atoms with Crippen LogP contribution in [-0.2, 0) is 30.2 Å². The highest BCUT2D eigenvalue weighted by atomic mass is 19.4. The van der Waals surface area contributed by atoms with Crippen molar-refractivity contribution in [2.75, 3.05) is 31.1 Å². The van der Waals surface area contributed by atoms with E-state index in [1.165, 1.54) is 25.3 Å². The molecule has 1 unspecified atom stereocenters. The summed E-state index contributed by atoms with van der Waals surface area (Å²) in [6.07, 6.45) is 5.17. The maximum absolute atomic E-state index is 14.4. The molecule has 1 saturated heterocycles. The first-order chi connectivity index (χ1) is 17.8. The van der Waals surface area contributed by atoms with Gasteiger partial charge in [0.15, 0.2) is 0 Å². The summed E-state index contributed by atoms with van der Waals surface area (Å²) < 4.78 is 53.4. The normalized spacial score (nSPS) is 21.6. The molecular formula is C28H34F4N4O. The highest BCUT2D eigenvalue weighted by molar-refractivity contribution is 5.81. The van der Waals surface area contributed by atoms with Crippen molar-refractivity contribution in [3.63, 3.8) is 0 Å². The fourth-order valence-electron chi connectivity index (χ4n) is 5.86. The number of benzene rings is 1. The Hall–Kier alpha value is -2.55. The number of piperazine rings is 1. The first-order valence-electron chi connectivity index (χ1n) is 13.5. The molecule has 9 heteroatoms. The average molecular weight is 519 g/mol. The summed E-state index contributed by atoms with van der Waals surface area (Å²) in [6, 6.07) is 3.89. The monoisotopic (exact) mass is 518 g/mol. The molecule has 0 N–H and O–H groups in total. The molecule has 1 aromatic carbocycles. The fourth-order valence-corrected chi connectivity index (χ4v) is 5.86. The van der Waals surface area contributed by atoms with Crippen LogP contribution in [-0.4, -0.2) is 52.9 Å². The standard InChI is InChI=1S/C28H34F4N4O/c29-26-20(5-2-9-24(26)28(30,31)32)17-23(37)16-19-4-1-6-21-18-33-27(34-25(21)11-10-19)36-14-12-35(13-15-36)22-7-3-8-22/h2,5,9,18-19,22H,1,3-4,6-8,10-17H2. The Morgan fingerprint density at radius 2 is 1.78 bits per heavy atom. The molecule has 0 spiro atoms. The quantitative estimate of drug-likeness (QED) is 0.480. The number of anilines is 1. The Morgan fingerprint density at radius 3 is 2.49 bits per heavy atom. The molecule has 37 heavy (non-hydrogen) atoms. The topological polar surface area (TPSA) is 49.3 Å². The van der Waals surface area contributed by atoms with Gasteiger partial charge in [-0.2, -0.15) is 13.2 Å². The van der Waals surface area contributed by atoms with Crippen LogP contribution in [0.3, 0.4) is 0 Å². The summed E-state index contributed by atoms with van der Waals surface area (Å²) >= 11 is 0. The van der Waals surface area contributed by atoms with E-state index >= 15 is 0 Å². The van der Waals surface area contributed by atoms with Gasteiger partial charge in [-0.3, -0.25) is 9.69 Å². The van der Waals surface area contributed by atoms with Gasteiger partial charge in [0, 0.05) is 57.0 Å². The highest BCUT2D eigenvalue weighted by Gasteiger charge is 2.35. The molecule has 1 aliphatic heterocycles. The van der Waals surface area contributed by atoms with Crippen molar-refractivity contribution >= 4 is 11.7 Å². The third kappa shape index (κ3) is 6.13. The maximum atomic E-state index is 14.4. The zero-order valence-corrected chi connectivity index (χ0v) is 21.1. The molecule has 1 saturated carbocycles. The van der Waals surface area contributed by atoms with E-state index in [4.69, 9.17) is 4.98 Å². The van der Waals surface area contributed by atoms with Gasteiger partial charge in [-0.1, -0.05) is 18.6 Å². The second kappa shape index (κ2) is 11.1. The number of aryl methyl sites for hydroxylation is 2. The first kappa shape index (κ1) is 26.1. The third-order valence-corrected chi connectivity index (χ3v) is 8.27. The predicted octanol–water partition coefficient (Wildman–Crippen LogP) is 5.40. The lowest BCUT2D eigenvalue weighted by atomic mass is 9.86. The Labute approximate surface area is 215 Å². The van der Waals surface area contributed by atoms with Gasteiger partial charge in [0.1, 0.15) is 11.6 Å². The van der Waals surface area contributed by atoms with Gasteiger partial charge < -0.3 is 4.90 Å². The van der Waals surface area contributed by atoms with Crippen molar-refractivity contribution < 1.29 is 22.4 Å². The smallest absolute Gasteiger partial charge is 0.338 e. The van der Waals surface area contributed by atoms with Crippen LogP contribution >= 0.6 is 0 Å². The molecule has 0 radical (unpaired) electrons. The second-order valence-electron chi connectivity index (χ2n) is 10.7. The van der Waals surface area contributed by atoms with Crippen LogP contribution in [0.15, 0.2) is 24.4 Å². The number of rotatable bonds is 6. The fraction of sp³-hybridized carbons (Fsp3) is 0.607. The number of hydrogen-bond acceptors (Lipinski definition) is 5. The van der Waals surface area contributed by atoms with E-state index in [1.807, 2.05) is 6.20 Å². The lowest BCUT2D eigenvalue weighted by molar-refractivity contribution is -0.140. The Morgan fingerprint density at radius 1 is 1.00 bits per heavy atom. The largest absolute Gasteiger partial charge is 0.419 e. The lowest BCUT2D eigenvalue weighted by Gasteiger charge is -2.43. The number of carbonyl (C=O) groups is 1. The summed E-state index contributed by atoms with van der Waals surface area (Å²) in [7, 11) is 0. The number of aromatic nitrogens is 2. The van der Waals surface area contributed by atoms with Gasteiger partial charge in [-0.25, -0.2) is 14.4 Å². The molecule has 5 rings (SSSR count). The van der Waals surface area contributed by atoms with E-state index in [0.29, 0.717) is 6.07 Å². The van der Waals surface area contributed by atoms with Crippen LogP contribution in [0, 0.1) is 11.7 Å². The minimum Gasteiger partial charge on any atom is -0.338 e. The molecule has 2 heterocycles. The first-order valence-corrected chi connectivity index (χ1v) is 13.5. The van der Waals surface area contributed by atoms with Crippen LogP contribution in [0.1, 0.15) is 67.3 Å². The molecule has 0 amide bonds. The van der Waals surface area contributed by atoms with Gasteiger partial charge >= 0.3 is 6.18 Å². The van der Waals surface area contributed by atoms with Gasteiger partial charge in [-0.15, -0.1) is 0 Å². The molecule has 2 fully saturated rings. The number of fused-ring (bicyclic) bond motifs is 1. The van der Waals surface area contributed by atoms with Gasteiger partial charge in [0.2, 0.25) is 5.95 Å². The molecular weight excluding hydrogens is 484 g/mol. The van der Waals surface area contributed by atoms with Crippen molar-refractivity contribution in [1.29, 1.82) is 0 Å². The summed E-state index contributed by atoms with van der Waals surface area (Å²) in [6.45, 7) is 3.95. The molecule has 200 valence electrons. The van der Waals surface area contributed by atoms with Crippen LogP contribution in [0.4, 0.5) is 23.5 Å². The van der Waals surface area contributed by atoms with Crippen molar-refractivity contribution in [3.05, 3.63) is 52.6 Å². The van der Waals surface area contributed by atoms with Crippen molar-refractivity contribution in [2.45, 2.75) is 76.4 Å². The van der Waals surface area contributed by atoms with E-state index in [2.05, 4.69) is 14.8 Å². The summed E-state index contributed by atoms with van der Waals surface area (Å²) in [4.78, 5) is 27.1. The van der Waals surface area contributed by atoms with Gasteiger partial charge in [0.05, 0.1) is 5.56 Å². The molecule has 2 aliphatic carbocycles. The SMILES string of the molecule is O=C(Cc1cccc(C(F)(F)F)c1F)CC1CCCc2cnc(N3CCN(C4CCC4)CC3)nc2CC1. The minimum atomic E-state index is -4.78. The number of carbonyl (C=O) groups excluding carboxylic acids is 1. The zero-order chi connectivity index (χ0) is 26.0.